The molecule has 0 fully saturated rings. The zero-order chi connectivity index (χ0) is 19.6. The van der Waals surface area contributed by atoms with Crippen molar-refractivity contribution < 1.29 is 33.8 Å². The Bertz CT molecular complexity index is 820. The molecule has 7 N–H and O–H groups in total. The summed E-state index contributed by atoms with van der Waals surface area (Å²) in [7, 11) is -10.9. The summed E-state index contributed by atoms with van der Waals surface area (Å²) in [6.45, 7) is 0.801. The molecule has 0 aliphatic rings. The molecule has 11 nitrogen and oxygen atoms in total. The Labute approximate surface area is 148 Å². The van der Waals surface area contributed by atoms with Crippen molar-refractivity contribution >= 4 is 15.2 Å². The van der Waals surface area contributed by atoms with Gasteiger partial charge in [-0.3, -0.25) is 9.13 Å². The largest absolute Gasteiger partial charge is 0.369 e. The van der Waals surface area contributed by atoms with Gasteiger partial charge in [-0.05, 0) is 17.5 Å². The first-order valence-corrected chi connectivity index (χ1v) is 10.7. The smallest absolute Gasteiger partial charge is 0.368 e. The highest BCUT2D eigenvalue weighted by Crippen LogP contribution is 2.69. The maximum absolute atomic E-state index is 11.3. The maximum atomic E-state index is 11.3. The summed E-state index contributed by atoms with van der Waals surface area (Å²) in [5.41, 5.74) is 7.64. The molecule has 1 heterocycles. The van der Waals surface area contributed by atoms with E-state index in [9.17, 15) is 14.2 Å². The van der Waals surface area contributed by atoms with Crippen molar-refractivity contribution in [2.24, 2.45) is 5.73 Å². The van der Waals surface area contributed by atoms with Crippen LogP contribution < -0.4 is 5.73 Å². The maximum Gasteiger partial charge on any atom is 0.369 e. The highest BCUT2D eigenvalue weighted by Gasteiger charge is 2.58. The van der Waals surface area contributed by atoms with Gasteiger partial charge in [0, 0.05) is 19.2 Å². The van der Waals surface area contributed by atoms with E-state index in [-0.39, 0.29) is 12.1 Å². The number of hydrogen-bond acceptors (Lipinski definition) is 6. The lowest BCUT2D eigenvalue weighted by molar-refractivity contribution is 0.123. The van der Waals surface area contributed by atoms with Crippen LogP contribution in [0.4, 0.5) is 0 Å². The van der Waals surface area contributed by atoms with E-state index in [1.165, 1.54) is 10.9 Å². The van der Waals surface area contributed by atoms with Crippen LogP contribution in [0.15, 0.2) is 30.5 Å². The van der Waals surface area contributed by atoms with Gasteiger partial charge in [0.15, 0.2) is 0 Å². The van der Waals surface area contributed by atoms with Crippen LogP contribution in [0, 0.1) is 0 Å². The summed E-state index contributed by atoms with van der Waals surface area (Å²) in [6, 6.07) is 7.47. The van der Waals surface area contributed by atoms with Crippen LogP contribution >= 0.6 is 15.2 Å². The topological polar surface area (TPSA) is 192 Å². The molecule has 0 aliphatic carbocycles. The number of rotatable bonds is 8. The van der Waals surface area contributed by atoms with Crippen LogP contribution in [0.3, 0.4) is 0 Å². The average Bonchev–Trinajstić information content (AvgIpc) is 2.98. The van der Waals surface area contributed by atoms with Crippen molar-refractivity contribution in [3.8, 4) is 0 Å². The molecule has 0 saturated heterocycles. The Balaban J connectivity index is 2.07. The first-order chi connectivity index (χ1) is 12.0. The van der Waals surface area contributed by atoms with E-state index in [2.05, 4.69) is 10.3 Å². The standard InChI is InChI=1S/C13H20N4O7P2/c14-7-10-1-3-11(4-2-10)8-17-9-12(15-16-17)5-6-13(18,25(19,20)21)26(22,23)24/h1-4,9,18H,5-8,14H2,(H2,19,20,21)(H2,22,23,24). The van der Waals surface area contributed by atoms with Crippen LogP contribution in [-0.2, 0) is 28.6 Å². The van der Waals surface area contributed by atoms with Crippen molar-refractivity contribution in [1.82, 2.24) is 15.0 Å². The molecular formula is C13H20N4O7P2. The van der Waals surface area contributed by atoms with E-state index in [4.69, 9.17) is 25.3 Å². The monoisotopic (exact) mass is 406 g/mol. The predicted octanol–water partition coefficient (Wildman–Crippen LogP) is -0.281. The van der Waals surface area contributed by atoms with Gasteiger partial charge in [-0.2, -0.15) is 0 Å². The van der Waals surface area contributed by atoms with Gasteiger partial charge < -0.3 is 30.4 Å². The molecule has 2 aromatic rings. The predicted molar refractivity (Wildman–Crippen MR) is 90.8 cm³/mol. The minimum atomic E-state index is -5.47. The summed E-state index contributed by atoms with van der Waals surface area (Å²) in [5.74, 6) is 0. The molecule has 0 spiro atoms. The second-order valence-corrected chi connectivity index (χ2v) is 9.80. The van der Waals surface area contributed by atoms with E-state index < -0.39 is 26.7 Å². The van der Waals surface area contributed by atoms with Gasteiger partial charge in [0.1, 0.15) is 0 Å². The van der Waals surface area contributed by atoms with E-state index in [1.54, 1.807) is 0 Å². The molecule has 0 atom stereocenters. The van der Waals surface area contributed by atoms with Gasteiger partial charge in [0.25, 0.3) is 5.08 Å². The van der Waals surface area contributed by atoms with Crippen LogP contribution in [-0.4, -0.2) is 44.8 Å². The molecule has 0 unspecified atom stereocenters. The van der Waals surface area contributed by atoms with Gasteiger partial charge >= 0.3 is 15.2 Å². The fourth-order valence-electron chi connectivity index (χ4n) is 2.25. The van der Waals surface area contributed by atoms with Gasteiger partial charge in [-0.25, -0.2) is 4.68 Å². The molecule has 2 rings (SSSR count). The Morgan fingerprint density at radius 3 is 2.08 bits per heavy atom. The average molecular weight is 406 g/mol. The lowest BCUT2D eigenvalue weighted by Gasteiger charge is -2.28. The zero-order valence-corrected chi connectivity index (χ0v) is 15.4. The molecule has 1 aromatic heterocycles. The fourth-order valence-corrected chi connectivity index (χ4v) is 4.42. The number of benzene rings is 1. The van der Waals surface area contributed by atoms with Crippen molar-refractivity contribution in [2.75, 3.05) is 0 Å². The molecule has 0 amide bonds. The van der Waals surface area contributed by atoms with E-state index in [0.29, 0.717) is 13.1 Å². The Morgan fingerprint density at radius 1 is 1.04 bits per heavy atom. The zero-order valence-electron chi connectivity index (χ0n) is 13.6. The molecule has 1 aromatic carbocycles. The Morgan fingerprint density at radius 2 is 1.58 bits per heavy atom. The lowest BCUT2D eigenvalue weighted by Crippen LogP contribution is -2.29. The van der Waals surface area contributed by atoms with Gasteiger partial charge in [-0.15, -0.1) is 5.10 Å². The number of aromatic nitrogens is 3. The number of aliphatic hydroxyl groups is 1. The van der Waals surface area contributed by atoms with Crippen molar-refractivity contribution in [1.29, 1.82) is 0 Å². The third kappa shape index (κ3) is 4.64. The van der Waals surface area contributed by atoms with Gasteiger partial charge in [-0.1, -0.05) is 29.5 Å². The highest BCUT2D eigenvalue weighted by atomic mass is 31.2. The fraction of sp³-hybridized carbons (Fsp3) is 0.385. The third-order valence-corrected chi connectivity index (χ3v) is 7.72. The summed E-state index contributed by atoms with van der Waals surface area (Å²) in [6.07, 6.45) is 0.320. The van der Waals surface area contributed by atoms with Crippen LogP contribution in [0.2, 0.25) is 0 Å². The van der Waals surface area contributed by atoms with E-state index >= 15 is 0 Å². The SMILES string of the molecule is NCc1ccc(Cn2cc(CCC(O)(P(=O)(O)O)P(=O)(O)O)nn2)cc1. The minimum Gasteiger partial charge on any atom is -0.368 e. The molecule has 0 bridgehead atoms. The van der Waals surface area contributed by atoms with E-state index in [0.717, 1.165) is 11.1 Å². The molecular weight excluding hydrogens is 386 g/mol. The molecule has 0 aliphatic heterocycles. The molecule has 26 heavy (non-hydrogen) atoms. The number of nitrogens with two attached hydrogens (primary N) is 1. The third-order valence-electron chi connectivity index (χ3n) is 3.84. The number of nitrogens with zero attached hydrogens (tertiary/aromatic N) is 3. The number of hydrogen-bond donors (Lipinski definition) is 6. The summed E-state index contributed by atoms with van der Waals surface area (Å²) in [4.78, 5) is 36.4. The quantitative estimate of drug-likeness (QED) is 0.318. The highest BCUT2D eigenvalue weighted by molar-refractivity contribution is 7.72. The first kappa shape index (κ1) is 20.9. The van der Waals surface area contributed by atoms with Gasteiger partial charge in [0.2, 0.25) is 0 Å². The summed E-state index contributed by atoms with van der Waals surface area (Å²) in [5, 5.41) is 14.0. The normalized spacial score (nSPS) is 13.2. The summed E-state index contributed by atoms with van der Waals surface area (Å²) >= 11 is 0. The van der Waals surface area contributed by atoms with E-state index in [1.807, 2.05) is 24.3 Å². The second kappa shape index (κ2) is 7.67. The van der Waals surface area contributed by atoms with Crippen molar-refractivity contribution in [3.63, 3.8) is 0 Å². The lowest BCUT2D eigenvalue weighted by atomic mass is 10.1. The molecule has 0 radical (unpaired) electrons. The number of aryl methyl sites for hydroxylation is 1. The Kier molecular flexibility index (Phi) is 6.17. The Hall–Kier alpha value is -1.42. The second-order valence-electron chi connectivity index (χ2n) is 5.79. The van der Waals surface area contributed by atoms with Crippen LogP contribution in [0.1, 0.15) is 23.2 Å². The van der Waals surface area contributed by atoms with Crippen molar-refractivity contribution in [3.05, 3.63) is 47.3 Å². The minimum absolute atomic E-state index is 0.226. The first-order valence-electron chi connectivity index (χ1n) is 7.47. The molecule has 13 heteroatoms. The van der Waals surface area contributed by atoms with Crippen molar-refractivity contribution in [2.45, 2.75) is 31.0 Å². The van der Waals surface area contributed by atoms with Crippen LogP contribution in [0.25, 0.3) is 0 Å². The molecule has 0 saturated carbocycles. The summed E-state index contributed by atoms with van der Waals surface area (Å²) < 4.78 is 24.1. The van der Waals surface area contributed by atoms with Crippen LogP contribution in [0.5, 0.6) is 0 Å². The molecule has 144 valence electrons. The van der Waals surface area contributed by atoms with Gasteiger partial charge in [0.05, 0.1) is 12.2 Å².